The Bertz CT molecular complexity index is 398. The fraction of sp³-hybridized carbons (Fsp3) is 0.412. The molecule has 0 spiro atoms. The van der Waals surface area contributed by atoms with E-state index < -0.39 is 0 Å². The van der Waals surface area contributed by atoms with Crippen LogP contribution in [-0.4, -0.2) is 3.21 Å². The number of halogens is 2. The average Bonchev–Trinajstić information content (AvgIpc) is 3.05. The van der Waals surface area contributed by atoms with Gasteiger partial charge in [0.25, 0.3) is 0 Å². The Morgan fingerprint density at radius 1 is 0.950 bits per heavy atom. The predicted octanol–water partition coefficient (Wildman–Crippen LogP) is -1.63. The van der Waals surface area contributed by atoms with Gasteiger partial charge in [-0.15, -0.1) is 0 Å². The minimum atomic E-state index is 0. The molecule has 0 heterocycles. The monoisotopic (exact) mass is 385 g/mol. The number of allylic oxidation sites excluding steroid dienone is 4. The molecule has 20 heavy (non-hydrogen) atoms. The van der Waals surface area contributed by atoms with Crippen LogP contribution in [0.2, 0.25) is 0 Å². The van der Waals surface area contributed by atoms with Crippen LogP contribution in [0.1, 0.15) is 37.7 Å². The summed E-state index contributed by atoms with van der Waals surface area (Å²) in [6.45, 7) is 0. The van der Waals surface area contributed by atoms with Crippen molar-refractivity contribution in [1.82, 2.24) is 0 Å². The molecular formula is C17H21Cl2Zr-. The van der Waals surface area contributed by atoms with Crippen LogP contribution in [0.15, 0.2) is 48.6 Å². The van der Waals surface area contributed by atoms with E-state index in [2.05, 4.69) is 48.6 Å². The van der Waals surface area contributed by atoms with Crippen LogP contribution in [0.25, 0.3) is 0 Å². The zero-order valence-electron chi connectivity index (χ0n) is 11.7. The molecule has 1 saturated carbocycles. The molecule has 0 N–H and O–H groups in total. The van der Waals surface area contributed by atoms with Gasteiger partial charge in [-0.3, -0.25) is 0 Å². The summed E-state index contributed by atoms with van der Waals surface area (Å²) in [5, 5.41) is 0. The summed E-state index contributed by atoms with van der Waals surface area (Å²) in [4.78, 5) is 0. The predicted molar refractivity (Wildman–Crippen MR) is 75.6 cm³/mol. The van der Waals surface area contributed by atoms with Gasteiger partial charge in [0.2, 0.25) is 0 Å². The Morgan fingerprint density at radius 2 is 1.50 bits per heavy atom. The standard InChI is InChI=1S/C11H11.C6H10.2ClH.Zr/c1-2-6-10(5-1)9-11-7-3-4-8-11;1-2-4-6-5-3-1;;;/h1-8,10H,9H2;1-5H2;2*1H;/q-1;;;;+2/p-2. The molecule has 0 bridgehead atoms. The van der Waals surface area contributed by atoms with E-state index in [-0.39, 0.29) is 24.8 Å². The van der Waals surface area contributed by atoms with Gasteiger partial charge in [-0.1, -0.05) is 30.7 Å². The Kier molecular flexibility index (Phi) is 11.9. The van der Waals surface area contributed by atoms with E-state index in [4.69, 9.17) is 0 Å². The topological polar surface area (TPSA) is 0 Å². The van der Waals surface area contributed by atoms with Crippen molar-refractivity contribution >= 4 is 3.21 Å². The van der Waals surface area contributed by atoms with Crippen molar-refractivity contribution in [1.29, 1.82) is 0 Å². The van der Waals surface area contributed by atoms with Gasteiger partial charge < -0.3 is 24.8 Å². The van der Waals surface area contributed by atoms with Gasteiger partial charge >= 0.3 is 59.5 Å². The van der Waals surface area contributed by atoms with E-state index in [9.17, 15) is 0 Å². The zero-order chi connectivity index (χ0) is 12.6. The first kappa shape index (κ1) is 20.2. The Morgan fingerprint density at radius 3 is 1.95 bits per heavy atom. The van der Waals surface area contributed by atoms with E-state index in [1.165, 1.54) is 37.7 Å². The van der Waals surface area contributed by atoms with Gasteiger partial charge in [-0.2, -0.15) is 17.7 Å². The number of hydrogen-bond donors (Lipinski definition) is 0. The number of rotatable bonds is 2. The second kappa shape index (κ2) is 11.8. The van der Waals surface area contributed by atoms with Crippen molar-refractivity contribution in [3.63, 3.8) is 0 Å². The zero-order valence-corrected chi connectivity index (χ0v) is 15.7. The van der Waals surface area contributed by atoms with E-state index in [1.807, 2.05) is 0 Å². The first-order valence-electron chi connectivity index (χ1n) is 6.96. The molecule has 3 rings (SSSR count). The van der Waals surface area contributed by atoms with E-state index in [0.29, 0.717) is 5.92 Å². The molecule has 0 aliphatic heterocycles. The molecule has 0 atom stereocenters. The molecule has 0 aromatic heterocycles. The molecule has 3 heteroatoms. The minimum absolute atomic E-state index is 0. The van der Waals surface area contributed by atoms with Crippen molar-refractivity contribution in [2.45, 2.75) is 38.5 Å². The van der Waals surface area contributed by atoms with Crippen LogP contribution >= 0.6 is 0 Å². The van der Waals surface area contributed by atoms with Crippen LogP contribution in [0.3, 0.4) is 0 Å². The summed E-state index contributed by atoms with van der Waals surface area (Å²) in [6.07, 6.45) is 17.2. The molecule has 0 nitrogen and oxygen atoms in total. The van der Waals surface area contributed by atoms with Gasteiger partial charge in [-0.25, -0.2) is 12.1 Å². The quantitative estimate of drug-likeness (QED) is 0.535. The summed E-state index contributed by atoms with van der Waals surface area (Å²) < 4.78 is 1.80. The Labute approximate surface area is 150 Å². The fourth-order valence-electron chi connectivity index (χ4n) is 2.41. The van der Waals surface area contributed by atoms with Crippen LogP contribution in [0.5, 0.6) is 0 Å². The summed E-state index contributed by atoms with van der Waals surface area (Å²) in [6, 6.07) is 8.55. The summed E-state index contributed by atoms with van der Waals surface area (Å²) in [7, 11) is 0. The van der Waals surface area contributed by atoms with Gasteiger partial charge in [0, 0.05) is 0 Å². The molecule has 2 aliphatic rings. The van der Waals surface area contributed by atoms with Crippen molar-refractivity contribution in [2.24, 2.45) is 5.92 Å². The van der Waals surface area contributed by atoms with E-state index in [0.717, 1.165) is 6.42 Å². The third-order valence-corrected chi connectivity index (χ3v) is 4.72. The molecule has 0 radical (unpaired) electrons. The normalized spacial score (nSPS) is 17.0. The van der Waals surface area contributed by atoms with Gasteiger partial charge in [-0.05, 0) is 5.92 Å². The van der Waals surface area contributed by atoms with E-state index in [1.54, 1.807) is 27.4 Å². The van der Waals surface area contributed by atoms with Crippen LogP contribution in [-0.2, 0) is 30.7 Å². The summed E-state index contributed by atoms with van der Waals surface area (Å²) in [5.74, 6) is 0.636. The fourth-order valence-corrected chi connectivity index (χ4v) is 3.28. The third kappa shape index (κ3) is 7.82. The van der Waals surface area contributed by atoms with Gasteiger partial charge in [0.15, 0.2) is 0 Å². The van der Waals surface area contributed by atoms with Crippen molar-refractivity contribution in [2.75, 3.05) is 0 Å². The first-order chi connectivity index (χ1) is 8.84. The van der Waals surface area contributed by atoms with Gasteiger partial charge in [0.1, 0.15) is 0 Å². The van der Waals surface area contributed by atoms with Crippen molar-refractivity contribution in [3.05, 3.63) is 54.1 Å². The third-order valence-electron chi connectivity index (χ3n) is 3.49. The van der Waals surface area contributed by atoms with Crippen molar-refractivity contribution < 1.29 is 49.0 Å². The SMILES string of the molecule is C1=CC(C[c-]2cccc2)C=C1.[Cl-].[Cl-].[Zr+2]=[C]1CCCCC1. The summed E-state index contributed by atoms with van der Waals surface area (Å²) in [5.41, 5.74) is 1.44. The van der Waals surface area contributed by atoms with Crippen LogP contribution in [0.4, 0.5) is 0 Å². The van der Waals surface area contributed by atoms with E-state index >= 15 is 0 Å². The number of hydrogen-bond acceptors (Lipinski definition) is 0. The van der Waals surface area contributed by atoms with Crippen LogP contribution < -0.4 is 24.8 Å². The average molecular weight is 387 g/mol. The molecule has 0 amide bonds. The Balaban J connectivity index is 0.000000356. The molecule has 0 saturated heterocycles. The molecule has 2 aliphatic carbocycles. The molecule has 1 fully saturated rings. The Hall–Kier alpha value is 0.163. The molecule has 108 valence electrons. The maximum absolute atomic E-state index is 2.24. The molecular weight excluding hydrogens is 366 g/mol. The van der Waals surface area contributed by atoms with Crippen LogP contribution in [0, 0.1) is 5.92 Å². The molecule has 0 unspecified atom stereocenters. The first-order valence-corrected chi connectivity index (χ1v) is 8.19. The second-order valence-corrected chi connectivity index (χ2v) is 6.83. The molecule has 1 aromatic carbocycles. The molecule has 1 aromatic rings. The van der Waals surface area contributed by atoms with Crippen molar-refractivity contribution in [3.8, 4) is 0 Å². The second-order valence-electron chi connectivity index (χ2n) is 5.10. The van der Waals surface area contributed by atoms with Gasteiger partial charge in [0.05, 0.1) is 0 Å². The maximum atomic E-state index is 2.24. The summed E-state index contributed by atoms with van der Waals surface area (Å²) >= 11 is 1.69.